The molecule has 1 atom stereocenters. The minimum absolute atomic E-state index is 0.0461. The number of benzene rings is 1. The van der Waals surface area contributed by atoms with Crippen molar-refractivity contribution in [3.63, 3.8) is 0 Å². The van der Waals surface area contributed by atoms with E-state index in [0.717, 1.165) is 24.2 Å². The Morgan fingerprint density at radius 3 is 2.65 bits per heavy atom. The van der Waals surface area contributed by atoms with Gasteiger partial charge in [-0.25, -0.2) is 9.18 Å². The van der Waals surface area contributed by atoms with Crippen LogP contribution in [0.1, 0.15) is 36.5 Å². The maximum absolute atomic E-state index is 13.2. The van der Waals surface area contributed by atoms with Gasteiger partial charge in [-0.15, -0.1) is 0 Å². The molecule has 0 bridgehead atoms. The van der Waals surface area contributed by atoms with E-state index in [9.17, 15) is 9.18 Å². The summed E-state index contributed by atoms with van der Waals surface area (Å²) in [5, 5.41) is 11.9. The molecule has 1 aliphatic heterocycles. The van der Waals surface area contributed by atoms with E-state index in [1.54, 1.807) is 23.3 Å². The number of hydrogen-bond donors (Lipinski definition) is 1. The van der Waals surface area contributed by atoms with E-state index < -0.39 is 0 Å². The topological polar surface area (TPSA) is 69.3 Å². The van der Waals surface area contributed by atoms with Gasteiger partial charge in [0.1, 0.15) is 11.6 Å². The molecule has 1 aromatic carbocycles. The monoisotopic (exact) mass is 355 g/mol. The van der Waals surface area contributed by atoms with Gasteiger partial charge >= 0.3 is 6.03 Å². The Morgan fingerprint density at radius 2 is 2.04 bits per heavy atom. The number of rotatable bonds is 5. The fourth-order valence-electron chi connectivity index (χ4n) is 3.30. The highest BCUT2D eigenvalue weighted by atomic mass is 19.1. The van der Waals surface area contributed by atoms with Gasteiger partial charge in [-0.2, -0.15) is 5.26 Å². The van der Waals surface area contributed by atoms with Crippen molar-refractivity contribution in [3.8, 4) is 6.07 Å². The van der Waals surface area contributed by atoms with E-state index in [0.29, 0.717) is 26.1 Å². The lowest BCUT2D eigenvalue weighted by molar-refractivity contribution is 0.178. The number of carbonyl (C=O) groups excluding carboxylic acids is 1. The Bertz CT molecular complexity index is 744. The molecular weight excluding hydrogens is 333 g/mol. The van der Waals surface area contributed by atoms with Gasteiger partial charge in [0.25, 0.3) is 0 Å². The van der Waals surface area contributed by atoms with E-state index in [4.69, 9.17) is 9.68 Å². The van der Waals surface area contributed by atoms with Crippen molar-refractivity contribution in [1.82, 2.24) is 10.2 Å². The summed E-state index contributed by atoms with van der Waals surface area (Å²) >= 11 is 0. The SMILES string of the molecule is N#CC1CCN(C(=O)NCC[C@@H](c2ccc(F)cc2)c2ccco2)CC1. The third-order valence-corrected chi connectivity index (χ3v) is 4.83. The van der Waals surface area contributed by atoms with Gasteiger partial charge in [0.05, 0.1) is 12.3 Å². The maximum atomic E-state index is 13.2. The van der Waals surface area contributed by atoms with Crippen LogP contribution >= 0.6 is 0 Å². The molecule has 26 heavy (non-hydrogen) atoms. The molecule has 0 saturated carbocycles. The van der Waals surface area contributed by atoms with Crippen LogP contribution in [0.25, 0.3) is 0 Å². The number of piperidine rings is 1. The third-order valence-electron chi connectivity index (χ3n) is 4.83. The van der Waals surface area contributed by atoms with Gasteiger partial charge in [-0.3, -0.25) is 0 Å². The van der Waals surface area contributed by atoms with Gasteiger partial charge in [-0.05, 0) is 49.1 Å². The van der Waals surface area contributed by atoms with Crippen molar-refractivity contribution in [1.29, 1.82) is 5.26 Å². The third kappa shape index (κ3) is 4.42. The number of nitrogens with one attached hydrogen (secondary N) is 1. The van der Waals surface area contributed by atoms with Crippen LogP contribution in [0.5, 0.6) is 0 Å². The van der Waals surface area contributed by atoms with Gasteiger partial charge in [0.15, 0.2) is 0 Å². The van der Waals surface area contributed by atoms with Crippen LogP contribution in [0.2, 0.25) is 0 Å². The minimum atomic E-state index is -0.277. The molecule has 1 aliphatic rings. The molecule has 2 aromatic rings. The van der Waals surface area contributed by atoms with Crippen LogP contribution in [0.3, 0.4) is 0 Å². The number of amides is 2. The molecule has 0 radical (unpaired) electrons. The molecule has 1 aromatic heterocycles. The number of nitrogens with zero attached hydrogens (tertiary/aromatic N) is 2. The Balaban J connectivity index is 1.56. The zero-order chi connectivity index (χ0) is 18.4. The molecule has 1 N–H and O–H groups in total. The lowest BCUT2D eigenvalue weighted by atomic mass is 9.93. The number of urea groups is 1. The fraction of sp³-hybridized carbons (Fsp3) is 0.400. The lowest BCUT2D eigenvalue weighted by Gasteiger charge is -2.29. The number of nitriles is 1. The van der Waals surface area contributed by atoms with Crippen molar-refractivity contribution < 1.29 is 13.6 Å². The first kappa shape index (κ1) is 18.0. The first-order valence-electron chi connectivity index (χ1n) is 8.88. The standard InChI is InChI=1S/C20H22FN3O2/c21-17-5-3-16(4-6-17)18(19-2-1-13-26-19)7-10-23-20(25)24-11-8-15(14-22)9-12-24/h1-6,13,15,18H,7-12H2,(H,23,25)/t18-/m0/s1. The molecule has 1 fully saturated rings. The second-order valence-electron chi connectivity index (χ2n) is 6.53. The Labute approximate surface area is 152 Å². The molecule has 0 spiro atoms. The van der Waals surface area contributed by atoms with Crippen molar-refractivity contribution in [2.24, 2.45) is 5.92 Å². The summed E-state index contributed by atoms with van der Waals surface area (Å²) < 4.78 is 18.7. The Morgan fingerprint density at radius 1 is 1.31 bits per heavy atom. The normalized spacial score (nSPS) is 16.1. The molecule has 2 amide bonds. The highest BCUT2D eigenvalue weighted by Crippen LogP contribution is 2.28. The summed E-state index contributed by atoms with van der Waals surface area (Å²) in [6.45, 7) is 1.72. The van der Waals surface area contributed by atoms with Gasteiger partial charge < -0.3 is 14.6 Å². The van der Waals surface area contributed by atoms with Crippen LogP contribution in [0, 0.1) is 23.1 Å². The molecule has 3 rings (SSSR count). The summed E-state index contributed by atoms with van der Waals surface area (Å²) in [7, 11) is 0. The van der Waals surface area contributed by atoms with E-state index >= 15 is 0 Å². The van der Waals surface area contributed by atoms with E-state index in [-0.39, 0.29) is 23.7 Å². The number of halogens is 1. The van der Waals surface area contributed by atoms with Crippen LogP contribution < -0.4 is 5.32 Å². The summed E-state index contributed by atoms with van der Waals surface area (Å²) in [6.07, 6.45) is 3.73. The van der Waals surface area contributed by atoms with Crippen LogP contribution in [0.4, 0.5) is 9.18 Å². The van der Waals surface area contributed by atoms with Crippen LogP contribution in [-0.4, -0.2) is 30.6 Å². The van der Waals surface area contributed by atoms with Crippen molar-refractivity contribution in [2.45, 2.75) is 25.2 Å². The lowest BCUT2D eigenvalue weighted by Crippen LogP contribution is -2.44. The van der Waals surface area contributed by atoms with E-state index in [2.05, 4.69) is 11.4 Å². The zero-order valence-corrected chi connectivity index (χ0v) is 14.5. The fourth-order valence-corrected chi connectivity index (χ4v) is 3.30. The van der Waals surface area contributed by atoms with Gasteiger partial charge in [-0.1, -0.05) is 12.1 Å². The largest absolute Gasteiger partial charge is 0.469 e. The van der Waals surface area contributed by atoms with E-state index in [1.165, 1.54) is 12.1 Å². The molecule has 0 aliphatic carbocycles. The molecule has 5 nitrogen and oxygen atoms in total. The maximum Gasteiger partial charge on any atom is 0.317 e. The number of carbonyl (C=O) groups is 1. The Kier molecular flexibility index (Phi) is 5.90. The van der Waals surface area contributed by atoms with Gasteiger partial charge in [0, 0.05) is 31.5 Å². The average molecular weight is 355 g/mol. The molecule has 136 valence electrons. The van der Waals surface area contributed by atoms with Crippen LogP contribution in [-0.2, 0) is 0 Å². The van der Waals surface area contributed by atoms with Crippen LogP contribution in [0.15, 0.2) is 47.1 Å². The molecule has 2 heterocycles. The zero-order valence-electron chi connectivity index (χ0n) is 14.5. The first-order chi connectivity index (χ1) is 12.7. The summed E-state index contributed by atoms with van der Waals surface area (Å²) in [5.41, 5.74) is 0.949. The molecule has 1 saturated heterocycles. The highest BCUT2D eigenvalue weighted by molar-refractivity contribution is 5.74. The molecule has 6 heteroatoms. The van der Waals surface area contributed by atoms with Crippen molar-refractivity contribution in [2.75, 3.05) is 19.6 Å². The quantitative estimate of drug-likeness (QED) is 0.885. The predicted octanol–water partition coefficient (Wildman–Crippen LogP) is 3.89. The van der Waals surface area contributed by atoms with Crippen molar-refractivity contribution in [3.05, 3.63) is 59.8 Å². The second kappa shape index (κ2) is 8.52. The summed E-state index contributed by atoms with van der Waals surface area (Å²) in [6, 6.07) is 12.2. The summed E-state index contributed by atoms with van der Waals surface area (Å²) in [5.74, 6) is 0.526. The number of likely N-dealkylation sites (tertiary alicyclic amines) is 1. The van der Waals surface area contributed by atoms with Crippen molar-refractivity contribution >= 4 is 6.03 Å². The number of furan rings is 1. The minimum Gasteiger partial charge on any atom is -0.469 e. The van der Waals surface area contributed by atoms with Gasteiger partial charge in [0.2, 0.25) is 0 Å². The molecule has 0 unspecified atom stereocenters. The Hall–Kier alpha value is -2.81. The average Bonchev–Trinajstić information content (AvgIpc) is 3.20. The second-order valence-corrected chi connectivity index (χ2v) is 6.53. The highest BCUT2D eigenvalue weighted by Gasteiger charge is 2.23. The summed E-state index contributed by atoms with van der Waals surface area (Å²) in [4.78, 5) is 14.1. The smallest absolute Gasteiger partial charge is 0.317 e. The number of hydrogen-bond acceptors (Lipinski definition) is 3. The first-order valence-corrected chi connectivity index (χ1v) is 8.88. The van der Waals surface area contributed by atoms with E-state index in [1.807, 2.05) is 12.1 Å². The predicted molar refractivity (Wildman–Crippen MR) is 94.9 cm³/mol. The molecular formula is C20H22FN3O2.